The van der Waals surface area contributed by atoms with Gasteiger partial charge in [0.05, 0.1) is 23.3 Å². The Morgan fingerprint density at radius 2 is 1.95 bits per heavy atom. The second-order valence-electron chi connectivity index (χ2n) is 9.91. The Balaban J connectivity index is 1.41. The maximum absolute atomic E-state index is 13.7. The summed E-state index contributed by atoms with van der Waals surface area (Å²) in [6.07, 6.45) is 1.10. The number of aromatic nitrogens is 5. The second kappa shape index (κ2) is 10.7. The second-order valence-corrected chi connectivity index (χ2v) is 9.91. The van der Waals surface area contributed by atoms with Crippen LogP contribution in [0.1, 0.15) is 53.5 Å². The summed E-state index contributed by atoms with van der Waals surface area (Å²) < 4.78 is 60.2. The van der Waals surface area contributed by atoms with Gasteiger partial charge < -0.3 is 14.3 Å². The molecule has 0 aliphatic heterocycles. The summed E-state index contributed by atoms with van der Waals surface area (Å²) in [4.78, 5) is 29.3. The van der Waals surface area contributed by atoms with Gasteiger partial charge in [-0.25, -0.2) is 19.3 Å². The highest BCUT2D eigenvalue weighted by atomic mass is 19.4. The van der Waals surface area contributed by atoms with Crippen LogP contribution in [0.3, 0.4) is 0 Å². The van der Waals surface area contributed by atoms with Gasteiger partial charge in [0.1, 0.15) is 34.8 Å². The molecule has 1 amide bonds. The zero-order valence-corrected chi connectivity index (χ0v) is 21.8. The molecule has 1 aliphatic rings. The number of pyridine rings is 2. The highest BCUT2D eigenvalue weighted by Crippen LogP contribution is 2.38. The third-order valence-corrected chi connectivity index (χ3v) is 7.18. The Labute approximate surface area is 235 Å². The average Bonchev–Trinajstić information content (AvgIpc) is 3.63. The van der Waals surface area contributed by atoms with Crippen molar-refractivity contribution in [2.75, 3.05) is 0 Å². The number of fused-ring (bicyclic) bond motifs is 1. The standard InChI is InChI=1S/C29H21F4N7O2/c30-17-8-9-35-21(10-17)27(41)37-18-5-3-6-19(11-18)40-24-12-22(28-39-25(15-42-28)29(31,32)33)36-14-23(24)38-26(40)20-7-2-1-4-16(20)13-34/h1-2,4,7-10,12,14-15,18-19H,3,5-6,11H2,(H,37,41). The van der Waals surface area contributed by atoms with Gasteiger partial charge in [-0.3, -0.25) is 9.78 Å². The molecule has 0 spiro atoms. The van der Waals surface area contributed by atoms with Crippen LogP contribution < -0.4 is 5.32 Å². The van der Waals surface area contributed by atoms with E-state index in [2.05, 4.69) is 26.3 Å². The molecule has 0 saturated heterocycles. The van der Waals surface area contributed by atoms with Crippen molar-refractivity contribution in [3.8, 4) is 29.0 Å². The van der Waals surface area contributed by atoms with Gasteiger partial charge in [-0.2, -0.15) is 18.4 Å². The van der Waals surface area contributed by atoms with Gasteiger partial charge in [0.15, 0.2) is 5.69 Å². The van der Waals surface area contributed by atoms with Crippen LogP contribution in [-0.2, 0) is 6.18 Å². The molecular formula is C29H21F4N7O2. The summed E-state index contributed by atoms with van der Waals surface area (Å²) >= 11 is 0. The van der Waals surface area contributed by atoms with E-state index in [9.17, 15) is 27.6 Å². The van der Waals surface area contributed by atoms with Gasteiger partial charge in [-0.1, -0.05) is 12.1 Å². The molecule has 6 rings (SSSR count). The number of alkyl halides is 3. The highest BCUT2D eigenvalue weighted by Gasteiger charge is 2.35. The van der Waals surface area contributed by atoms with E-state index in [4.69, 9.17) is 9.40 Å². The lowest BCUT2D eigenvalue weighted by Gasteiger charge is -2.32. The van der Waals surface area contributed by atoms with E-state index < -0.39 is 23.6 Å². The first kappa shape index (κ1) is 27.1. The summed E-state index contributed by atoms with van der Waals surface area (Å²) in [7, 11) is 0. The minimum atomic E-state index is -4.68. The van der Waals surface area contributed by atoms with Gasteiger partial charge in [-0.15, -0.1) is 0 Å². The van der Waals surface area contributed by atoms with Crippen molar-refractivity contribution in [2.45, 2.75) is 43.9 Å². The Morgan fingerprint density at radius 1 is 1.12 bits per heavy atom. The molecular weight excluding hydrogens is 554 g/mol. The number of oxazole rings is 1. The number of halogens is 4. The fraction of sp³-hybridized carbons (Fsp3) is 0.241. The van der Waals surface area contributed by atoms with Crippen LogP contribution in [-0.4, -0.2) is 36.5 Å². The minimum absolute atomic E-state index is 0.0336. The molecule has 0 radical (unpaired) electrons. The van der Waals surface area contributed by atoms with E-state index in [1.165, 1.54) is 12.4 Å². The van der Waals surface area contributed by atoms with Crippen LogP contribution in [0.15, 0.2) is 65.5 Å². The number of hydrogen-bond acceptors (Lipinski definition) is 7. The van der Waals surface area contributed by atoms with Gasteiger partial charge in [0.25, 0.3) is 5.91 Å². The van der Waals surface area contributed by atoms with Crippen molar-refractivity contribution in [3.63, 3.8) is 0 Å². The number of amides is 1. The molecule has 1 aliphatic carbocycles. The number of carbonyl (C=O) groups is 1. The van der Waals surface area contributed by atoms with E-state index >= 15 is 0 Å². The first-order chi connectivity index (χ1) is 20.2. The lowest BCUT2D eigenvalue weighted by molar-refractivity contribution is -0.141. The van der Waals surface area contributed by atoms with E-state index in [1.807, 2.05) is 4.57 Å². The van der Waals surface area contributed by atoms with Crippen LogP contribution >= 0.6 is 0 Å². The Hall–Kier alpha value is -5.12. The lowest BCUT2D eigenvalue weighted by atomic mass is 9.90. The predicted molar refractivity (Wildman–Crippen MR) is 141 cm³/mol. The van der Waals surface area contributed by atoms with Crippen LogP contribution in [0.25, 0.3) is 34.0 Å². The van der Waals surface area contributed by atoms with Crippen molar-refractivity contribution in [3.05, 3.63) is 83.9 Å². The minimum Gasteiger partial charge on any atom is -0.443 e. The van der Waals surface area contributed by atoms with E-state index in [0.717, 1.165) is 18.6 Å². The van der Waals surface area contributed by atoms with Gasteiger partial charge in [-0.05, 0) is 49.9 Å². The summed E-state index contributed by atoms with van der Waals surface area (Å²) in [5.74, 6) is -0.887. The van der Waals surface area contributed by atoms with Crippen LogP contribution in [0.5, 0.6) is 0 Å². The summed E-state index contributed by atoms with van der Waals surface area (Å²) in [6.45, 7) is 0. The molecule has 0 bridgehead atoms. The monoisotopic (exact) mass is 575 g/mol. The first-order valence-electron chi connectivity index (χ1n) is 13.0. The Kier molecular flexibility index (Phi) is 6.89. The molecule has 1 N–H and O–H groups in total. The Bertz CT molecular complexity index is 1840. The average molecular weight is 576 g/mol. The molecule has 2 unspecified atom stereocenters. The summed E-state index contributed by atoms with van der Waals surface area (Å²) in [5.41, 5.74) is 0.851. The number of hydrogen-bond donors (Lipinski definition) is 1. The normalized spacial score (nSPS) is 17.2. The number of nitrogens with zero attached hydrogens (tertiary/aromatic N) is 6. The van der Waals surface area contributed by atoms with Gasteiger partial charge in [0, 0.05) is 29.9 Å². The van der Waals surface area contributed by atoms with Crippen LogP contribution in [0.2, 0.25) is 0 Å². The summed E-state index contributed by atoms with van der Waals surface area (Å²) in [5, 5.41) is 12.7. The van der Waals surface area contributed by atoms with E-state index in [0.29, 0.717) is 53.5 Å². The first-order valence-corrected chi connectivity index (χ1v) is 13.0. The smallest absolute Gasteiger partial charge is 0.436 e. The molecule has 2 atom stereocenters. The maximum Gasteiger partial charge on any atom is 0.436 e. The molecule has 42 heavy (non-hydrogen) atoms. The predicted octanol–water partition coefficient (Wildman–Crippen LogP) is 6.09. The van der Waals surface area contributed by atoms with E-state index in [-0.39, 0.29) is 29.4 Å². The number of benzene rings is 1. The zero-order valence-electron chi connectivity index (χ0n) is 21.8. The third kappa shape index (κ3) is 5.18. The fourth-order valence-electron chi connectivity index (χ4n) is 5.29. The Morgan fingerprint density at radius 3 is 2.71 bits per heavy atom. The van der Waals surface area contributed by atoms with Crippen molar-refractivity contribution in [1.82, 2.24) is 29.8 Å². The molecule has 1 saturated carbocycles. The number of nitriles is 1. The quantitative estimate of drug-likeness (QED) is 0.252. The molecule has 4 aromatic heterocycles. The van der Waals surface area contributed by atoms with Crippen molar-refractivity contribution < 1.29 is 26.8 Å². The fourth-order valence-corrected chi connectivity index (χ4v) is 5.29. The molecule has 13 heteroatoms. The highest BCUT2D eigenvalue weighted by molar-refractivity contribution is 5.92. The van der Waals surface area contributed by atoms with Crippen LogP contribution in [0.4, 0.5) is 17.6 Å². The maximum atomic E-state index is 13.7. The SMILES string of the molecule is N#Cc1ccccc1-c1nc2cnc(-c3nc(C(F)(F)F)co3)cc2n1C1CCCC(NC(=O)c2cc(F)ccn2)C1. The van der Waals surface area contributed by atoms with Crippen molar-refractivity contribution in [1.29, 1.82) is 5.26 Å². The molecule has 212 valence electrons. The van der Waals surface area contributed by atoms with E-state index in [1.54, 1.807) is 30.3 Å². The van der Waals surface area contributed by atoms with Gasteiger partial charge >= 0.3 is 6.18 Å². The number of nitrogens with one attached hydrogen (secondary N) is 1. The molecule has 1 aromatic carbocycles. The van der Waals surface area contributed by atoms with Gasteiger partial charge in [0.2, 0.25) is 5.89 Å². The molecule has 9 nitrogen and oxygen atoms in total. The molecule has 1 fully saturated rings. The number of carbonyl (C=O) groups excluding carboxylic acids is 1. The van der Waals surface area contributed by atoms with Crippen molar-refractivity contribution in [2.24, 2.45) is 0 Å². The van der Waals surface area contributed by atoms with Crippen LogP contribution in [0, 0.1) is 17.1 Å². The zero-order chi connectivity index (χ0) is 29.4. The molecule has 4 heterocycles. The molecule has 5 aromatic rings. The lowest BCUT2D eigenvalue weighted by Crippen LogP contribution is -2.39. The third-order valence-electron chi connectivity index (χ3n) is 7.18. The number of imidazole rings is 1. The topological polar surface area (TPSA) is 123 Å². The number of rotatable bonds is 5. The largest absolute Gasteiger partial charge is 0.443 e. The summed E-state index contributed by atoms with van der Waals surface area (Å²) in [6, 6.07) is 12.4. The van der Waals surface area contributed by atoms with Crippen molar-refractivity contribution >= 4 is 16.9 Å².